The van der Waals surface area contributed by atoms with Crippen molar-refractivity contribution in [3.05, 3.63) is 105 Å². The second-order valence-electron chi connectivity index (χ2n) is 9.42. The second kappa shape index (κ2) is 10.0. The van der Waals surface area contributed by atoms with Gasteiger partial charge in [-0.3, -0.25) is 19.1 Å². The Kier molecular flexibility index (Phi) is 6.68. The van der Waals surface area contributed by atoms with Gasteiger partial charge < -0.3 is 5.11 Å². The Balaban J connectivity index is 1.61. The Morgan fingerprint density at radius 2 is 1.84 bits per heavy atom. The highest BCUT2D eigenvalue weighted by Crippen LogP contribution is 2.49. The topological polar surface area (TPSA) is 75.4 Å². The van der Waals surface area contributed by atoms with E-state index in [0.717, 1.165) is 32.2 Å². The van der Waals surface area contributed by atoms with Crippen LogP contribution in [0.5, 0.6) is 0 Å². The molecule has 0 bridgehead atoms. The van der Waals surface area contributed by atoms with Gasteiger partial charge in [-0.15, -0.1) is 11.8 Å². The van der Waals surface area contributed by atoms with Gasteiger partial charge in [0.15, 0.2) is 0 Å². The van der Waals surface area contributed by atoms with E-state index in [-0.39, 0.29) is 18.4 Å². The second-order valence-corrected chi connectivity index (χ2v) is 11.6. The molecule has 0 saturated carbocycles. The van der Waals surface area contributed by atoms with Crippen LogP contribution in [-0.2, 0) is 11.2 Å². The van der Waals surface area contributed by atoms with Crippen LogP contribution in [0.2, 0.25) is 0 Å². The van der Waals surface area contributed by atoms with Crippen molar-refractivity contribution in [2.45, 2.75) is 36.0 Å². The lowest BCUT2D eigenvalue weighted by molar-refractivity contribution is -0.146. The predicted molar refractivity (Wildman–Crippen MR) is 153 cm³/mol. The van der Waals surface area contributed by atoms with Gasteiger partial charge in [-0.1, -0.05) is 57.9 Å². The van der Waals surface area contributed by atoms with Gasteiger partial charge in [-0.25, -0.2) is 4.98 Å². The molecule has 0 fully saturated rings. The quantitative estimate of drug-likeness (QED) is 0.256. The number of hydrogen-bond acceptors (Lipinski definition) is 5. The number of thioether (sulfide) groups is 1. The van der Waals surface area contributed by atoms with E-state index in [4.69, 9.17) is 11.6 Å². The van der Waals surface area contributed by atoms with Crippen molar-refractivity contribution in [3.63, 3.8) is 0 Å². The van der Waals surface area contributed by atoms with Crippen molar-refractivity contribution in [1.82, 2.24) is 14.5 Å². The molecular formula is C29H23BrClN3O3S. The fraction of sp³-hybridized carbons (Fsp3) is 0.207. The number of carbonyl (C=O) groups excluding carboxylic acids is 1. The minimum absolute atomic E-state index is 0.191. The molecule has 2 aliphatic rings. The number of nitrogens with zero attached hydrogens (tertiary/aromatic N) is 3. The largest absolute Gasteiger partial charge is 0.480 e. The number of carbonyl (C=O) groups is 2. The number of carboxylic acids is 1. The summed E-state index contributed by atoms with van der Waals surface area (Å²) >= 11 is 11.7. The Labute approximate surface area is 237 Å². The van der Waals surface area contributed by atoms with Gasteiger partial charge in [-0.2, -0.15) is 0 Å². The van der Waals surface area contributed by atoms with E-state index in [1.165, 1.54) is 11.8 Å². The number of benzene rings is 2. The monoisotopic (exact) mass is 607 g/mol. The highest BCUT2D eigenvalue weighted by molar-refractivity contribution is 9.10. The standard InChI is InChI=1S/C29H23BrClN3O3S/c1-38-27-20(6-4-12-32-27)28(35)34-22-7-3-2-5-19(22)21-15-25(29(36)37)33-23(16-8-10-17(30)11-9-16)13-18(31)14-24(33)26(21)34/h2-12,14,23-25H,13,15H2,1H3,(H,36,37)/t23-,24+,25-/m0/s1. The number of hydrogen-bond donors (Lipinski definition) is 1. The average molecular weight is 609 g/mol. The number of aliphatic carboxylic acids is 1. The number of fused-ring (bicyclic) bond motifs is 5. The van der Waals surface area contributed by atoms with Crippen LogP contribution in [0.3, 0.4) is 0 Å². The van der Waals surface area contributed by atoms with Gasteiger partial charge in [0.2, 0.25) is 0 Å². The number of aromatic nitrogens is 2. The molecule has 6 rings (SSSR count). The van der Waals surface area contributed by atoms with Crippen LogP contribution in [-0.4, -0.2) is 43.7 Å². The Morgan fingerprint density at radius 3 is 2.58 bits per heavy atom. The summed E-state index contributed by atoms with van der Waals surface area (Å²) in [5.74, 6) is -1.09. The number of halogens is 2. The summed E-state index contributed by atoms with van der Waals surface area (Å²) in [4.78, 5) is 33.4. The molecule has 192 valence electrons. The zero-order chi connectivity index (χ0) is 26.6. The first-order valence-electron chi connectivity index (χ1n) is 12.2. The third kappa shape index (κ3) is 4.11. The van der Waals surface area contributed by atoms with Crippen LogP contribution in [0.15, 0.2) is 87.5 Å². The average Bonchev–Trinajstić information content (AvgIpc) is 3.26. The van der Waals surface area contributed by atoms with E-state index in [2.05, 4.69) is 20.9 Å². The summed E-state index contributed by atoms with van der Waals surface area (Å²) in [6, 6.07) is 17.6. The van der Waals surface area contributed by atoms with Gasteiger partial charge in [0.05, 0.1) is 22.8 Å². The number of rotatable bonds is 4. The van der Waals surface area contributed by atoms with Crippen molar-refractivity contribution in [1.29, 1.82) is 0 Å². The zero-order valence-electron chi connectivity index (χ0n) is 20.3. The van der Waals surface area contributed by atoms with Crippen molar-refractivity contribution < 1.29 is 14.7 Å². The van der Waals surface area contributed by atoms with E-state index < -0.39 is 18.1 Å². The summed E-state index contributed by atoms with van der Waals surface area (Å²) in [7, 11) is 0. The first kappa shape index (κ1) is 25.4. The summed E-state index contributed by atoms with van der Waals surface area (Å²) in [5.41, 5.74) is 3.87. The zero-order valence-corrected chi connectivity index (χ0v) is 23.5. The van der Waals surface area contributed by atoms with Crippen molar-refractivity contribution >= 4 is 62.1 Å². The molecule has 9 heteroatoms. The van der Waals surface area contributed by atoms with Crippen molar-refractivity contribution in [2.75, 3.05) is 6.26 Å². The molecule has 38 heavy (non-hydrogen) atoms. The van der Waals surface area contributed by atoms with Crippen LogP contribution in [0, 0.1) is 0 Å². The normalized spacial score (nSPS) is 21.0. The summed E-state index contributed by atoms with van der Waals surface area (Å²) < 4.78 is 2.69. The van der Waals surface area contributed by atoms with Gasteiger partial charge in [-0.05, 0) is 53.8 Å². The van der Waals surface area contributed by atoms with Crippen LogP contribution in [0.1, 0.15) is 45.7 Å². The van der Waals surface area contributed by atoms with Gasteiger partial charge in [0, 0.05) is 40.0 Å². The molecule has 6 nitrogen and oxygen atoms in total. The van der Waals surface area contributed by atoms with Crippen LogP contribution >= 0.6 is 39.3 Å². The van der Waals surface area contributed by atoms with Gasteiger partial charge in [0.1, 0.15) is 11.1 Å². The fourth-order valence-corrected chi connectivity index (χ4v) is 6.91. The molecule has 4 heterocycles. The van der Waals surface area contributed by atoms with Gasteiger partial charge >= 0.3 is 5.97 Å². The maximum absolute atomic E-state index is 14.2. The molecular weight excluding hydrogens is 586 g/mol. The van der Waals surface area contributed by atoms with Crippen molar-refractivity contribution in [3.8, 4) is 0 Å². The van der Waals surface area contributed by atoms with E-state index in [9.17, 15) is 14.7 Å². The van der Waals surface area contributed by atoms with E-state index >= 15 is 0 Å². The van der Waals surface area contributed by atoms with Crippen molar-refractivity contribution in [2.24, 2.45) is 0 Å². The lowest BCUT2D eigenvalue weighted by atomic mass is 9.84. The molecule has 0 amide bonds. The molecule has 1 N–H and O–H groups in total. The molecule has 0 unspecified atom stereocenters. The minimum atomic E-state index is -0.894. The highest BCUT2D eigenvalue weighted by Gasteiger charge is 2.47. The molecule has 2 aliphatic heterocycles. The minimum Gasteiger partial charge on any atom is -0.480 e. The predicted octanol–water partition coefficient (Wildman–Crippen LogP) is 6.83. The molecule has 0 radical (unpaired) electrons. The smallest absolute Gasteiger partial charge is 0.321 e. The SMILES string of the molecule is CSc1ncccc1C(=O)n1c2c(c3ccccc31)C[C@@H](C(=O)O)N1[C@@H]2C=C(Cl)C[C@H]1c1ccc(Br)cc1. The van der Waals surface area contributed by atoms with E-state index in [1.807, 2.05) is 65.8 Å². The summed E-state index contributed by atoms with van der Waals surface area (Å²) in [6.07, 6.45) is 6.26. The first-order valence-corrected chi connectivity index (χ1v) is 14.6. The lowest BCUT2D eigenvalue weighted by Gasteiger charge is -2.47. The first-order chi connectivity index (χ1) is 18.4. The highest BCUT2D eigenvalue weighted by atomic mass is 79.9. The number of para-hydroxylation sites is 1. The number of pyridine rings is 1. The molecule has 3 atom stereocenters. The Hall–Kier alpha value is -2.91. The number of carboxylic acid groups (broad SMARTS) is 1. The van der Waals surface area contributed by atoms with Crippen LogP contribution in [0.25, 0.3) is 10.9 Å². The third-order valence-corrected chi connectivity index (χ3v) is 8.92. The molecule has 0 spiro atoms. The third-order valence-electron chi connectivity index (χ3n) is 7.40. The maximum atomic E-state index is 14.2. The van der Waals surface area contributed by atoms with Crippen LogP contribution < -0.4 is 0 Å². The fourth-order valence-electron chi connectivity index (χ4n) is 5.84. The molecule has 4 aromatic rings. The molecule has 0 aliphatic carbocycles. The van der Waals surface area contributed by atoms with Crippen LogP contribution in [0.4, 0.5) is 0 Å². The lowest BCUT2D eigenvalue weighted by Crippen LogP contribution is -2.51. The molecule has 2 aromatic heterocycles. The summed E-state index contributed by atoms with van der Waals surface area (Å²) in [5, 5.41) is 12.6. The Bertz CT molecular complexity index is 1620. The van der Waals surface area contributed by atoms with E-state index in [1.54, 1.807) is 22.9 Å². The van der Waals surface area contributed by atoms with Gasteiger partial charge in [0.25, 0.3) is 5.91 Å². The van der Waals surface area contributed by atoms with E-state index in [0.29, 0.717) is 22.0 Å². The maximum Gasteiger partial charge on any atom is 0.321 e. The Morgan fingerprint density at radius 1 is 1.08 bits per heavy atom. The molecule has 2 aromatic carbocycles. The summed E-state index contributed by atoms with van der Waals surface area (Å²) in [6.45, 7) is 0. The molecule has 0 saturated heterocycles.